The van der Waals surface area contributed by atoms with Crippen molar-refractivity contribution >= 4 is 52.5 Å². The van der Waals surface area contributed by atoms with Crippen LogP contribution < -0.4 is 9.91 Å². The Balaban J connectivity index is 1.57. The van der Waals surface area contributed by atoms with E-state index in [0.717, 1.165) is 11.1 Å². The number of carbonyl (C=O) groups excluding carboxylic acids is 1. The summed E-state index contributed by atoms with van der Waals surface area (Å²) in [7, 11) is 0. The minimum Gasteiger partial charge on any atom is -0.460 e. The molecule has 1 aromatic heterocycles. The summed E-state index contributed by atoms with van der Waals surface area (Å²) in [6.07, 6.45) is 0. The molecule has 0 fully saturated rings. The normalized spacial score (nSPS) is 16.1. The second kappa shape index (κ2) is 9.38. The quantitative estimate of drug-likeness (QED) is 0.280. The first-order valence-corrected chi connectivity index (χ1v) is 12.3. The Morgan fingerprint density at radius 1 is 0.973 bits per heavy atom. The number of nitrogens with zero attached hydrogens (tertiary/aromatic N) is 5. The third kappa shape index (κ3) is 4.04. The number of amidine groups is 1. The molecule has 3 heterocycles. The van der Waals surface area contributed by atoms with Crippen molar-refractivity contribution in [1.29, 1.82) is 0 Å². The van der Waals surface area contributed by atoms with Gasteiger partial charge in [0.25, 0.3) is 0 Å². The molecule has 2 aliphatic rings. The third-order valence-corrected chi connectivity index (χ3v) is 6.49. The number of esters is 1. The van der Waals surface area contributed by atoms with E-state index in [1.807, 2.05) is 54.6 Å². The lowest BCUT2D eigenvalue weighted by molar-refractivity contribution is -0.135. The molecule has 0 saturated carbocycles. The molecule has 0 aliphatic carbocycles. The van der Waals surface area contributed by atoms with Crippen molar-refractivity contribution in [1.82, 2.24) is 5.16 Å². The zero-order chi connectivity index (χ0) is 25.5. The molecule has 0 radical (unpaired) electrons. The summed E-state index contributed by atoms with van der Waals surface area (Å²) in [6.45, 7) is 1.92. The zero-order valence-electron chi connectivity index (χ0n) is 19.5. The van der Waals surface area contributed by atoms with E-state index in [1.165, 1.54) is 0 Å². The Hall–Kier alpha value is -4.14. The van der Waals surface area contributed by atoms with Crippen LogP contribution in [0, 0.1) is 0 Å². The van der Waals surface area contributed by atoms with Crippen LogP contribution in [0.5, 0.6) is 0 Å². The van der Waals surface area contributed by atoms with Gasteiger partial charge in [-0.15, -0.1) is 5.10 Å². The van der Waals surface area contributed by atoms with Gasteiger partial charge >= 0.3 is 5.97 Å². The predicted octanol–water partition coefficient (Wildman–Crippen LogP) is 6.31. The largest absolute Gasteiger partial charge is 0.460 e. The summed E-state index contributed by atoms with van der Waals surface area (Å²) in [5, 5.41) is 11.8. The van der Waals surface area contributed by atoms with Crippen LogP contribution in [-0.2, 0) is 9.53 Å². The highest BCUT2D eigenvalue weighted by Gasteiger charge is 2.46. The van der Waals surface area contributed by atoms with Crippen LogP contribution in [-0.4, -0.2) is 29.5 Å². The Morgan fingerprint density at radius 3 is 2.32 bits per heavy atom. The van der Waals surface area contributed by atoms with Crippen LogP contribution in [0.3, 0.4) is 0 Å². The standard InChI is InChI=1S/C27H19Cl2N5O3/c1-2-36-26(35)24-31-34(20-14-12-19(29)13-15-20)27-30-22(17-8-10-18(28)11-9-17)21-23(16-6-4-3-5-7-16)32-37-25(21)33(24)27/h3-15,22H,2H2,1H3. The van der Waals surface area contributed by atoms with Crippen LogP contribution in [0.4, 0.5) is 11.6 Å². The average molecular weight is 532 g/mol. The molecular formula is C27H19Cl2N5O3. The second-order valence-electron chi connectivity index (χ2n) is 8.27. The SMILES string of the molecule is CCOC(=O)C1=NN(c2ccc(Cl)cc2)C2=NC(c3ccc(Cl)cc3)c3c(-c4ccccc4)noc3N12. The highest BCUT2D eigenvalue weighted by atomic mass is 35.5. The highest BCUT2D eigenvalue weighted by Crippen LogP contribution is 2.46. The van der Waals surface area contributed by atoms with Crippen molar-refractivity contribution in [2.45, 2.75) is 13.0 Å². The first-order valence-electron chi connectivity index (χ1n) is 11.5. The summed E-state index contributed by atoms with van der Waals surface area (Å²) < 4.78 is 11.2. The van der Waals surface area contributed by atoms with Gasteiger partial charge in [0.1, 0.15) is 11.7 Å². The van der Waals surface area contributed by atoms with Crippen molar-refractivity contribution in [2.75, 3.05) is 16.5 Å². The fraction of sp³-hybridized carbons (Fsp3) is 0.111. The Kier molecular flexibility index (Phi) is 5.90. The van der Waals surface area contributed by atoms with Gasteiger partial charge in [0.05, 0.1) is 17.9 Å². The predicted molar refractivity (Wildman–Crippen MR) is 143 cm³/mol. The Morgan fingerprint density at radius 2 is 1.65 bits per heavy atom. The van der Waals surface area contributed by atoms with E-state index < -0.39 is 12.0 Å². The van der Waals surface area contributed by atoms with Gasteiger partial charge in [-0.1, -0.05) is 70.8 Å². The first-order chi connectivity index (χ1) is 18.0. The molecule has 184 valence electrons. The number of benzene rings is 3. The summed E-state index contributed by atoms with van der Waals surface area (Å²) in [6, 6.07) is 23.7. The molecular weight excluding hydrogens is 513 g/mol. The highest BCUT2D eigenvalue weighted by molar-refractivity contribution is 6.50. The van der Waals surface area contributed by atoms with E-state index in [9.17, 15) is 4.79 Å². The van der Waals surface area contributed by atoms with E-state index in [4.69, 9.17) is 37.5 Å². The lowest BCUT2D eigenvalue weighted by atomic mass is 9.95. The average Bonchev–Trinajstić information content (AvgIpc) is 3.52. The van der Waals surface area contributed by atoms with Gasteiger partial charge in [-0.05, 0) is 48.9 Å². The maximum atomic E-state index is 13.0. The lowest BCUT2D eigenvalue weighted by Gasteiger charge is -2.28. The number of aliphatic imine (C=N–C) groups is 1. The van der Waals surface area contributed by atoms with Crippen LogP contribution in [0.2, 0.25) is 10.0 Å². The lowest BCUT2D eigenvalue weighted by Crippen LogP contribution is -2.43. The number of aromatic nitrogens is 1. The maximum Gasteiger partial charge on any atom is 0.376 e. The third-order valence-electron chi connectivity index (χ3n) is 5.99. The van der Waals surface area contributed by atoms with Gasteiger partial charge in [0.15, 0.2) is 0 Å². The number of rotatable bonds is 5. The van der Waals surface area contributed by atoms with E-state index >= 15 is 0 Å². The molecule has 3 aromatic carbocycles. The smallest absolute Gasteiger partial charge is 0.376 e. The van der Waals surface area contributed by atoms with Crippen LogP contribution in [0.15, 0.2) is 93.5 Å². The molecule has 6 rings (SSSR count). The topological polar surface area (TPSA) is 83.5 Å². The number of anilines is 2. The van der Waals surface area contributed by atoms with Gasteiger partial charge < -0.3 is 9.26 Å². The first kappa shape index (κ1) is 23.3. The fourth-order valence-electron chi connectivity index (χ4n) is 4.32. The van der Waals surface area contributed by atoms with Gasteiger partial charge in [0.2, 0.25) is 17.7 Å². The molecule has 4 aromatic rings. The molecule has 1 unspecified atom stereocenters. The summed E-state index contributed by atoms with van der Waals surface area (Å²) in [5.41, 5.74) is 3.71. The van der Waals surface area contributed by atoms with Crippen LogP contribution in [0.25, 0.3) is 11.3 Å². The fourth-order valence-corrected chi connectivity index (χ4v) is 4.58. The van der Waals surface area contributed by atoms with Crippen LogP contribution in [0.1, 0.15) is 24.1 Å². The molecule has 2 aliphatic heterocycles. The van der Waals surface area contributed by atoms with Gasteiger partial charge in [-0.2, -0.15) is 5.01 Å². The van der Waals surface area contributed by atoms with E-state index in [-0.39, 0.29) is 12.4 Å². The van der Waals surface area contributed by atoms with Crippen molar-refractivity contribution in [3.8, 4) is 11.3 Å². The number of hydrazone groups is 1. The van der Waals surface area contributed by atoms with Gasteiger partial charge in [-0.3, -0.25) is 0 Å². The van der Waals surface area contributed by atoms with Crippen molar-refractivity contribution in [3.05, 3.63) is 100 Å². The number of hydrogen-bond acceptors (Lipinski definition) is 8. The van der Waals surface area contributed by atoms with Gasteiger partial charge in [-0.25, -0.2) is 14.7 Å². The molecule has 1 atom stereocenters. The number of guanidine groups is 1. The van der Waals surface area contributed by atoms with Crippen molar-refractivity contribution in [2.24, 2.45) is 10.1 Å². The summed E-state index contributed by atoms with van der Waals surface area (Å²) >= 11 is 12.3. The van der Waals surface area contributed by atoms with E-state index in [2.05, 4.69) is 10.3 Å². The van der Waals surface area contributed by atoms with Gasteiger partial charge in [0, 0.05) is 15.6 Å². The molecule has 0 bridgehead atoms. The maximum absolute atomic E-state index is 13.0. The minimum atomic E-state index is -0.611. The molecule has 8 nitrogen and oxygen atoms in total. The number of carbonyl (C=O) groups is 1. The van der Waals surface area contributed by atoms with E-state index in [1.54, 1.807) is 41.1 Å². The zero-order valence-corrected chi connectivity index (χ0v) is 21.0. The minimum absolute atomic E-state index is 0.0158. The Labute approximate surface area is 222 Å². The molecule has 0 amide bonds. The Bertz CT molecular complexity index is 1530. The summed E-state index contributed by atoms with van der Waals surface area (Å²) in [5.74, 6) is 0.114. The number of ether oxygens (including phenoxy) is 1. The monoisotopic (exact) mass is 531 g/mol. The number of fused-ring (bicyclic) bond motifs is 3. The molecule has 0 spiro atoms. The summed E-state index contributed by atoms with van der Waals surface area (Å²) in [4.78, 5) is 19.7. The number of hydrogen-bond donors (Lipinski definition) is 0. The molecule has 37 heavy (non-hydrogen) atoms. The van der Waals surface area contributed by atoms with E-state index in [0.29, 0.717) is 38.8 Å². The number of halogens is 2. The van der Waals surface area contributed by atoms with Crippen molar-refractivity contribution < 1.29 is 14.1 Å². The molecule has 10 heteroatoms. The van der Waals surface area contributed by atoms with Crippen molar-refractivity contribution in [3.63, 3.8) is 0 Å². The molecule has 0 saturated heterocycles. The molecule has 0 N–H and O–H groups in total. The van der Waals surface area contributed by atoms with Crippen LogP contribution >= 0.6 is 23.2 Å². The second-order valence-corrected chi connectivity index (χ2v) is 9.14.